The highest BCUT2D eigenvalue weighted by molar-refractivity contribution is 5.11. The highest BCUT2D eigenvalue weighted by Gasteiger charge is 2.28. The largest absolute Gasteiger partial charge is 0.0851 e. The Kier molecular flexibility index (Phi) is 6.31. The summed E-state index contributed by atoms with van der Waals surface area (Å²) in [5, 5.41) is 0. The Hall–Kier alpha value is -0.260. The van der Waals surface area contributed by atoms with E-state index >= 15 is 0 Å². The van der Waals surface area contributed by atoms with Crippen molar-refractivity contribution in [2.45, 2.75) is 90.4 Å². The van der Waals surface area contributed by atoms with Gasteiger partial charge in [0.25, 0.3) is 0 Å². The lowest BCUT2D eigenvalue weighted by Gasteiger charge is -2.36. The summed E-state index contributed by atoms with van der Waals surface area (Å²) in [6.07, 6.45) is 21.6. The van der Waals surface area contributed by atoms with E-state index in [9.17, 15) is 0 Å². The molecule has 2 atom stereocenters. The Morgan fingerprint density at radius 2 is 1.83 bits per heavy atom. The molecule has 0 heteroatoms. The van der Waals surface area contributed by atoms with Gasteiger partial charge in [0.1, 0.15) is 0 Å². The average Bonchev–Trinajstić information content (AvgIpc) is 2.40. The van der Waals surface area contributed by atoms with Crippen LogP contribution >= 0.6 is 0 Å². The van der Waals surface area contributed by atoms with Crippen molar-refractivity contribution in [3.63, 3.8) is 0 Å². The van der Waals surface area contributed by atoms with E-state index in [4.69, 9.17) is 0 Å². The van der Waals surface area contributed by atoms with Crippen LogP contribution in [0.25, 0.3) is 0 Å². The molecule has 0 aromatic carbocycles. The van der Waals surface area contributed by atoms with Crippen LogP contribution in [0, 0.1) is 11.8 Å². The normalized spacial score (nSPS) is 29.7. The smallest absolute Gasteiger partial charge is 0.0201 e. The Morgan fingerprint density at radius 3 is 2.72 bits per heavy atom. The predicted octanol–water partition coefficient (Wildman–Crippen LogP) is 6.26. The van der Waals surface area contributed by atoms with Crippen LogP contribution in [0.5, 0.6) is 0 Å². The fraction of sp³-hybridized carbons (Fsp3) is 0.889. The topological polar surface area (TPSA) is 0 Å². The predicted molar refractivity (Wildman–Crippen MR) is 80.8 cm³/mol. The molecule has 2 rings (SSSR count). The Morgan fingerprint density at radius 1 is 1.00 bits per heavy atom. The van der Waals surface area contributed by atoms with E-state index < -0.39 is 0 Å². The molecule has 0 spiro atoms. The van der Waals surface area contributed by atoms with Crippen LogP contribution < -0.4 is 0 Å². The van der Waals surface area contributed by atoms with Crippen LogP contribution in [0.2, 0.25) is 0 Å². The van der Waals surface area contributed by atoms with Crippen molar-refractivity contribution in [3.05, 3.63) is 11.6 Å². The van der Waals surface area contributed by atoms with Crippen LogP contribution in [0.1, 0.15) is 90.4 Å². The van der Waals surface area contributed by atoms with Gasteiger partial charge in [0.15, 0.2) is 0 Å². The molecule has 0 saturated heterocycles. The van der Waals surface area contributed by atoms with Gasteiger partial charge in [-0.3, -0.25) is 0 Å². The molecule has 0 nitrogen and oxygen atoms in total. The van der Waals surface area contributed by atoms with Crippen molar-refractivity contribution < 1.29 is 0 Å². The van der Waals surface area contributed by atoms with E-state index in [0.717, 1.165) is 11.8 Å². The first-order valence-corrected chi connectivity index (χ1v) is 8.59. The summed E-state index contributed by atoms with van der Waals surface area (Å²) in [7, 11) is 0. The number of hydrogen-bond acceptors (Lipinski definition) is 0. The van der Waals surface area contributed by atoms with E-state index in [-0.39, 0.29) is 0 Å². The molecule has 18 heavy (non-hydrogen) atoms. The van der Waals surface area contributed by atoms with Gasteiger partial charge in [-0.1, -0.05) is 63.5 Å². The van der Waals surface area contributed by atoms with Crippen molar-refractivity contribution in [2.24, 2.45) is 11.8 Å². The highest BCUT2D eigenvalue weighted by atomic mass is 14.3. The van der Waals surface area contributed by atoms with Gasteiger partial charge >= 0.3 is 0 Å². The molecule has 2 bridgehead atoms. The van der Waals surface area contributed by atoms with Crippen LogP contribution in [-0.4, -0.2) is 0 Å². The summed E-state index contributed by atoms with van der Waals surface area (Å²) in [6.45, 7) is 2.30. The third-order valence-electron chi connectivity index (χ3n) is 5.11. The Balaban J connectivity index is 1.60. The van der Waals surface area contributed by atoms with Crippen LogP contribution in [0.3, 0.4) is 0 Å². The first-order chi connectivity index (χ1) is 8.90. The molecular formula is C18H32. The molecular weight excluding hydrogens is 216 g/mol. The van der Waals surface area contributed by atoms with E-state index in [1.54, 1.807) is 0 Å². The number of unbranched alkanes of at least 4 members (excludes halogenated alkanes) is 6. The second-order valence-electron chi connectivity index (χ2n) is 6.60. The van der Waals surface area contributed by atoms with Gasteiger partial charge < -0.3 is 0 Å². The molecule has 0 N–H and O–H groups in total. The maximum absolute atomic E-state index is 2.63. The second-order valence-corrected chi connectivity index (χ2v) is 6.60. The molecule has 2 aliphatic carbocycles. The standard InChI is InChI=1S/C18H32/c1-2-3-4-5-6-7-8-11-17-14-13-16-10-9-12-18(17)15-16/h11,16,18H,2-10,12-15H2,1H3. The molecule has 0 aliphatic heterocycles. The quantitative estimate of drug-likeness (QED) is 0.368. The molecule has 0 aromatic rings. The number of hydrogen-bond donors (Lipinski definition) is 0. The number of rotatable bonds is 7. The van der Waals surface area contributed by atoms with Gasteiger partial charge in [-0.25, -0.2) is 0 Å². The van der Waals surface area contributed by atoms with E-state index in [1.165, 1.54) is 83.5 Å². The molecule has 104 valence electrons. The molecule has 2 unspecified atom stereocenters. The fourth-order valence-electron chi connectivity index (χ4n) is 3.95. The van der Waals surface area contributed by atoms with Crippen molar-refractivity contribution in [1.82, 2.24) is 0 Å². The Bertz CT molecular complexity index is 251. The minimum Gasteiger partial charge on any atom is -0.0851 e. The third-order valence-corrected chi connectivity index (χ3v) is 5.11. The summed E-state index contributed by atoms with van der Waals surface area (Å²) in [5.41, 5.74) is 1.85. The number of allylic oxidation sites excluding steroid dienone is 2. The Labute approximate surface area is 114 Å². The summed E-state index contributed by atoms with van der Waals surface area (Å²) < 4.78 is 0. The average molecular weight is 248 g/mol. The van der Waals surface area contributed by atoms with Gasteiger partial charge in [0, 0.05) is 0 Å². The molecule has 0 aromatic heterocycles. The lowest BCUT2D eigenvalue weighted by Crippen LogP contribution is -2.22. The van der Waals surface area contributed by atoms with E-state index in [1.807, 2.05) is 5.57 Å². The maximum Gasteiger partial charge on any atom is -0.0201 e. The lowest BCUT2D eigenvalue weighted by atomic mass is 9.69. The molecule has 0 heterocycles. The first-order valence-electron chi connectivity index (χ1n) is 8.59. The van der Waals surface area contributed by atoms with Gasteiger partial charge in [-0.15, -0.1) is 0 Å². The zero-order valence-corrected chi connectivity index (χ0v) is 12.4. The third kappa shape index (κ3) is 4.44. The first kappa shape index (κ1) is 14.2. The van der Waals surface area contributed by atoms with Crippen molar-refractivity contribution in [2.75, 3.05) is 0 Å². The van der Waals surface area contributed by atoms with Gasteiger partial charge in [-0.2, -0.15) is 0 Å². The van der Waals surface area contributed by atoms with Crippen LogP contribution in [0.15, 0.2) is 11.6 Å². The van der Waals surface area contributed by atoms with Crippen LogP contribution in [0.4, 0.5) is 0 Å². The van der Waals surface area contributed by atoms with Crippen molar-refractivity contribution >= 4 is 0 Å². The summed E-state index contributed by atoms with van der Waals surface area (Å²) in [4.78, 5) is 0. The van der Waals surface area contributed by atoms with Crippen molar-refractivity contribution in [3.8, 4) is 0 Å². The zero-order chi connectivity index (χ0) is 12.6. The summed E-state index contributed by atoms with van der Waals surface area (Å²) in [5.74, 6) is 2.09. The second kappa shape index (κ2) is 8.02. The minimum absolute atomic E-state index is 0.998. The van der Waals surface area contributed by atoms with Crippen molar-refractivity contribution in [1.29, 1.82) is 0 Å². The van der Waals surface area contributed by atoms with E-state index in [2.05, 4.69) is 13.0 Å². The molecule has 2 saturated carbocycles. The fourth-order valence-corrected chi connectivity index (χ4v) is 3.95. The van der Waals surface area contributed by atoms with E-state index in [0.29, 0.717) is 0 Å². The number of fused-ring (bicyclic) bond motifs is 2. The summed E-state index contributed by atoms with van der Waals surface area (Å²) >= 11 is 0. The highest BCUT2D eigenvalue weighted by Crippen LogP contribution is 2.42. The lowest BCUT2D eigenvalue weighted by molar-refractivity contribution is 0.241. The molecule has 0 amide bonds. The van der Waals surface area contributed by atoms with Gasteiger partial charge in [0.2, 0.25) is 0 Å². The molecule has 2 fully saturated rings. The monoisotopic (exact) mass is 248 g/mol. The maximum atomic E-state index is 2.63. The zero-order valence-electron chi connectivity index (χ0n) is 12.4. The minimum atomic E-state index is 0.998. The van der Waals surface area contributed by atoms with Gasteiger partial charge in [0.05, 0.1) is 0 Å². The summed E-state index contributed by atoms with van der Waals surface area (Å²) in [6, 6.07) is 0. The molecule has 2 aliphatic rings. The SMILES string of the molecule is CCCCCCCCC=C1CCC2CCCC1C2. The van der Waals surface area contributed by atoms with Crippen LogP contribution in [-0.2, 0) is 0 Å². The van der Waals surface area contributed by atoms with Gasteiger partial charge in [-0.05, 0) is 50.4 Å². The molecule has 0 radical (unpaired) electrons.